The molecule has 1 rings (SSSR count). The van der Waals surface area contributed by atoms with Crippen LogP contribution in [0.25, 0.3) is 0 Å². The summed E-state index contributed by atoms with van der Waals surface area (Å²) in [6.45, 7) is 2.29. The average Bonchev–Trinajstić information content (AvgIpc) is 2.65. The molecule has 0 aromatic carbocycles. The Morgan fingerprint density at radius 3 is 1.88 bits per heavy atom. The lowest BCUT2D eigenvalue weighted by atomic mass is 10.0. The number of nitrogens with zero attached hydrogens (tertiary/aromatic N) is 1. The molecule has 148 valence electrons. The van der Waals surface area contributed by atoms with Crippen molar-refractivity contribution in [3.05, 3.63) is 23.9 Å². The minimum Gasteiger partial charge on any atom is -0.389 e. The van der Waals surface area contributed by atoms with E-state index in [2.05, 4.69) is 11.9 Å². The normalized spacial score (nSPS) is 11.0. The fourth-order valence-corrected chi connectivity index (χ4v) is 4.15. The third-order valence-electron chi connectivity index (χ3n) is 4.77. The van der Waals surface area contributed by atoms with Gasteiger partial charge in [-0.1, -0.05) is 103 Å². The number of hydrogen-bond donors (Lipinski definition) is 1. The van der Waals surface area contributed by atoms with Gasteiger partial charge in [0.15, 0.2) is 0 Å². The highest BCUT2D eigenvalue weighted by atomic mass is 32.2. The predicted octanol–water partition coefficient (Wildman–Crippen LogP) is 7.29. The van der Waals surface area contributed by atoms with Crippen molar-refractivity contribution in [2.75, 3.05) is 5.75 Å². The van der Waals surface area contributed by atoms with Crippen LogP contribution in [-0.2, 0) is 0 Å². The Morgan fingerprint density at radius 1 is 0.885 bits per heavy atom. The quantitative estimate of drug-likeness (QED) is 0.171. The molecule has 0 unspecified atom stereocenters. The van der Waals surface area contributed by atoms with E-state index in [1.165, 1.54) is 89.9 Å². The SMILES string of the molecule is CCCCCCCCCCCCCCCCSc1cc(C(N)=S)ccn1. The molecule has 2 N–H and O–H groups in total. The summed E-state index contributed by atoms with van der Waals surface area (Å²) in [5, 5.41) is 1.03. The molecular formula is C22H38N2S2. The molecule has 0 aliphatic rings. The van der Waals surface area contributed by atoms with Crippen LogP contribution in [0.5, 0.6) is 0 Å². The smallest absolute Gasteiger partial charge is 0.104 e. The Kier molecular flexibility index (Phi) is 14.9. The molecule has 0 aliphatic heterocycles. The van der Waals surface area contributed by atoms with Crippen LogP contribution < -0.4 is 5.73 Å². The van der Waals surface area contributed by atoms with Crippen molar-refractivity contribution in [2.24, 2.45) is 5.73 Å². The molecule has 0 fully saturated rings. The minimum atomic E-state index is 0.450. The maximum atomic E-state index is 5.66. The van der Waals surface area contributed by atoms with Gasteiger partial charge in [0.1, 0.15) is 4.99 Å². The zero-order valence-corrected chi connectivity index (χ0v) is 18.3. The number of aromatic nitrogens is 1. The maximum Gasteiger partial charge on any atom is 0.104 e. The van der Waals surface area contributed by atoms with Crippen LogP contribution in [0.3, 0.4) is 0 Å². The Hall–Kier alpha value is -0.610. The summed E-state index contributed by atoms with van der Waals surface area (Å²) in [5.41, 5.74) is 6.58. The second kappa shape index (κ2) is 16.6. The predicted molar refractivity (Wildman–Crippen MR) is 121 cm³/mol. The Balaban J connectivity index is 1.85. The van der Waals surface area contributed by atoms with E-state index in [9.17, 15) is 0 Å². The van der Waals surface area contributed by atoms with Crippen molar-refractivity contribution >= 4 is 29.0 Å². The average molecular weight is 395 g/mol. The van der Waals surface area contributed by atoms with E-state index >= 15 is 0 Å². The van der Waals surface area contributed by atoms with Crippen LogP contribution in [-0.4, -0.2) is 15.7 Å². The second-order valence-corrected chi connectivity index (χ2v) is 8.75. The van der Waals surface area contributed by atoms with E-state index in [-0.39, 0.29) is 0 Å². The van der Waals surface area contributed by atoms with E-state index < -0.39 is 0 Å². The highest BCUT2D eigenvalue weighted by Gasteiger charge is 2.00. The lowest BCUT2D eigenvalue weighted by molar-refractivity contribution is 0.538. The van der Waals surface area contributed by atoms with Crippen LogP contribution in [0.15, 0.2) is 23.4 Å². The molecule has 1 heterocycles. The van der Waals surface area contributed by atoms with Gasteiger partial charge in [-0.05, 0) is 24.3 Å². The van der Waals surface area contributed by atoms with Crippen molar-refractivity contribution < 1.29 is 0 Å². The van der Waals surface area contributed by atoms with Gasteiger partial charge in [0.2, 0.25) is 0 Å². The van der Waals surface area contributed by atoms with E-state index in [4.69, 9.17) is 18.0 Å². The maximum absolute atomic E-state index is 5.66. The highest BCUT2D eigenvalue weighted by Crippen LogP contribution is 2.19. The number of hydrogen-bond acceptors (Lipinski definition) is 3. The van der Waals surface area contributed by atoms with Gasteiger partial charge in [0, 0.05) is 11.8 Å². The van der Waals surface area contributed by atoms with Gasteiger partial charge >= 0.3 is 0 Å². The fraction of sp³-hybridized carbons (Fsp3) is 0.727. The summed E-state index contributed by atoms with van der Waals surface area (Å²) >= 11 is 6.82. The zero-order valence-electron chi connectivity index (χ0n) is 16.7. The van der Waals surface area contributed by atoms with Gasteiger partial charge in [0.25, 0.3) is 0 Å². The van der Waals surface area contributed by atoms with Gasteiger partial charge in [-0.15, -0.1) is 11.8 Å². The van der Waals surface area contributed by atoms with Crippen molar-refractivity contribution in [1.82, 2.24) is 4.98 Å². The largest absolute Gasteiger partial charge is 0.389 e. The molecule has 0 radical (unpaired) electrons. The molecule has 4 heteroatoms. The summed E-state index contributed by atoms with van der Waals surface area (Å²) in [4.78, 5) is 4.82. The minimum absolute atomic E-state index is 0.450. The first-order valence-electron chi connectivity index (χ1n) is 10.6. The standard InChI is InChI=1S/C22H38N2S2/c1-2-3-4-5-6-7-8-9-10-11-12-13-14-15-18-26-21-19-20(22(23)25)16-17-24-21/h16-17,19H,2-15,18H2,1H3,(H2,23,25). The number of pyridine rings is 1. The van der Waals surface area contributed by atoms with Gasteiger partial charge in [0.05, 0.1) is 5.03 Å². The van der Waals surface area contributed by atoms with Gasteiger partial charge < -0.3 is 5.73 Å². The van der Waals surface area contributed by atoms with Crippen molar-refractivity contribution in [1.29, 1.82) is 0 Å². The van der Waals surface area contributed by atoms with Crippen LogP contribution in [0.2, 0.25) is 0 Å². The van der Waals surface area contributed by atoms with E-state index in [1.54, 1.807) is 6.20 Å². The lowest BCUT2D eigenvalue weighted by Gasteiger charge is -2.04. The molecule has 0 bridgehead atoms. The summed E-state index contributed by atoms with van der Waals surface area (Å²) in [6, 6.07) is 3.87. The number of nitrogens with two attached hydrogens (primary N) is 1. The molecular weight excluding hydrogens is 356 g/mol. The molecule has 26 heavy (non-hydrogen) atoms. The topological polar surface area (TPSA) is 38.9 Å². The van der Waals surface area contributed by atoms with Crippen LogP contribution >= 0.6 is 24.0 Å². The summed E-state index contributed by atoms with van der Waals surface area (Å²) in [7, 11) is 0. The van der Waals surface area contributed by atoms with Gasteiger partial charge in [-0.2, -0.15) is 0 Å². The zero-order chi connectivity index (χ0) is 18.9. The number of rotatable bonds is 17. The van der Waals surface area contributed by atoms with E-state index in [0.29, 0.717) is 4.99 Å². The molecule has 0 saturated carbocycles. The fourth-order valence-electron chi connectivity index (χ4n) is 3.11. The third kappa shape index (κ3) is 12.7. The van der Waals surface area contributed by atoms with Gasteiger partial charge in [-0.3, -0.25) is 0 Å². The number of thiocarbonyl (C=S) groups is 1. The lowest BCUT2D eigenvalue weighted by Crippen LogP contribution is -2.09. The molecule has 2 nitrogen and oxygen atoms in total. The summed E-state index contributed by atoms with van der Waals surface area (Å²) < 4.78 is 0. The molecule has 1 aromatic rings. The molecule has 0 aliphatic carbocycles. The Labute approximate surface area is 171 Å². The van der Waals surface area contributed by atoms with Crippen molar-refractivity contribution in [2.45, 2.75) is 102 Å². The van der Waals surface area contributed by atoms with Crippen LogP contribution in [0, 0.1) is 0 Å². The van der Waals surface area contributed by atoms with E-state index in [1.807, 2.05) is 23.9 Å². The summed E-state index contributed by atoms with van der Waals surface area (Å²) in [6.07, 6.45) is 21.5. The monoisotopic (exact) mass is 394 g/mol. The first-order valence-corrected chi connectivity index (χ1v) is 12.0. The van der Waals surface area contributed by atoms with Crippen molar-refractivity contribution in [3.8, 4) is 0 Å². The second-order valence-electron chi connectivity index (χ2n) is 7.19. The number of thioether (sulfide) groups is 1. The number of unbranched alkanes of at least 4 members (excludes halogenated alkanes) is 13. The summed E-state index contributed by atoms with van der Waals surface area (Å²) in [5.74, 6) is 1.13. The molecule has 0 saturated heterocycles. The molecule has 0 amide bonds. The van der Waals surface area contributed by atoms with Crippen LogP contribution in [0.1, 0.15) is 102 Å². The molecule has 1 aromatic heterocycles. The van der Waals surface area contributed by atoms with E-state index in [0.717, 1.165) is 16.3 Å². The van der Waals surface area contributed by atoms with Crippen molar-refractivity contribution in [3.63, 3.8) is 0 Å². The highest BCUT2D eigenvalue weighted by molar-refractivity contribution is 7.99. The molecule has 0 spiro atoms. The molecule has 0 atom stereocenters. The first-order chi connectivity index (χ1) is 12.7. The Bertz CT molecular complexity index is 477. The van der Waals surface area contributed by atoms with Gasteiger partial charge in [-0.25, -0.2) is 4.98 Å². The first kappa shape index (κ1) is 23.4. The van der Waals surface area contributed by atoms with Crippen LogP contribution in [0.4, 0.5) is 0 Å². The Morgan fingerprint density at radius 2 is 1.38 bits per heavy atom. The third-order valence-corrected chi connectivity index (χ3v) is 6.01.